The molecule has 0 radical (unpaired) electrons. The van der Waals surface area contributed by atoms with Crippen LogP contribution in [0.5, 0.6) is 0 Å². The molecule has 3 rings (SSSR count). The first-order valence-electron chi connectivity index (χ1n) is 7.07. The van der Waals surface area contributed by atoms with E-state index >= 15 is 0 Å². The van der Waals surface area contributed by atoms with Crippen molar-refractivity contribution in [2.75, 3.05) is 12.8 Å². The van der Waals surface area contributed by atoms with Crippen molar-refractivity contribution in [1.29, 1.82) is 0 Å². The van der Waals surface area contributed by atoms with Gasteiger partial charge in [0.05, 0.1) is 0 Å². The highest BCUT2D eigenvalue weighted by Crippen LogP contribution is 2.46. The summed E-state index contributed by atoms with van der Waals surface area (Å²) in [5.41, 5.74) is 3.15. The van der Waals surface area contributed by atoms with Gasteiger partial charge in [-0.3, -0.25) is 4.79 Å². The summed E-state index contributed by atoms with van der Waals surface area (Å²) in [5.74, 6) is 0.810. The fourth-order valence-corrected chi connectivity index (χ4v) is 4.16. The van der Waals surface area contributed by atoms with Crippen molar-refractivity contribution < 1.29 is 4.79 Å². The highest BCUT2D eigenvalue weighted by Gasteiger charge is 2.41. The van der Waals surface area contributed by atoms with Crippen LogP contribution in [0.15, 0.2) is 23.1 Å². The third-order valence-electron chi connectivity index (χ3n) is 5.01. The molecule has 1 fully saturated rings. The molecule has 1 aliphatic heterocycles. The van der Waals surface area contributed by atoms with Crippen LogP contribution in [-0.2, 0) is 16.6 Å². The van der Waals surface area contributed by atoms with Gasteiger partial charge in [0.2, 0.25) is 5.91 Å². The van der Waals surface area contributed by atoms with Gasteiger partial charge in [-0.25, -0.2) is 0 Å². The smallest absolute Gasteiger partial charge is 0.220 e. The standard InChI is InChI=1S/C16H21NOS/c1-16-8-7-15(18)17-10-12(16)4-3-11-9-13(19-2)5-6-14(11)16/h5-6,9,12H,3-4,7-8,10H2,1-2H3,(H,17,18)/t12-,16?/m0/s1. The summed E-state index contributed by atoms with van der Waals surface area (Å²) >= 11 is 1.81. The lowest BCUT2D eigenvalue weighted by Crippen LogP contribution is -2.40. The number of fused-ring (bicyclic) bond motifs is 3. The first-order valence-corrected chi connectivity index (χ1v) is 8.30. The van der Waals surface area contributed by atoms with E-state index in [-0.39, 0.29) is 11.3 Å². The predicted molar refractivity (Wildman–Crippen MR) is 79.6 cm³/mol. The van der Waals surface area contributed by atoms with Crippen molar-refractivity contribution in [3.05, 3.63) is 29.3 Å². The third kappa shape index (κ3) is 2.18. The van der Waals surface area contributed by atoms with E-state index in [4.69, 9.17) is 0 Å². The van der Waals surface area contributed by atoms with Crippen LogP contribution in [0.3, 0.4) is 0 Å². The summed E-state index contributed by atoms with van der Waals surface area (Å²) in [6.45, 7) is 3.20. The summed E-state index contributed by atoms with van der Waals surface area (Å²) in [4.78, 5) is 13.0. The molecule has 1 saturated heterocycles. The number of thioether (sulfide) groups is 1. The molecule has 2 nitrogen and oxygen atoms in total. The molecular formula is C16H21NOS. The number of rotatable bonds is 1. The van der Waals surface area contributed by atoms with Crippen LogP contribution < -0.4 is 5.32 Å². The Kier molecular flexibility index (Phi) is 3.34. The van der Waals surface area contributed by atoms with Gasteiger partial charge in [0.1, 0.15) is 0 Å². The second-order valence-electron chi connectivity index (χ2n) is 5.98. The number of aryl methyl sites for hydroxylation is 1. The van der Waals surface area contributed by atoms with Gasteiger partial charge in [0, 0.05) is 17.9 Å². The Balaban J connectivity index is 2.03. The van der Waals surface area contributed by atoms with E-state index in [2.05, 4.69) is 36.7 Å². The monoisotopic (exact) mass is 275 g/mol. The van der Waals surface area contributed by atoms with Gasteiger partial charge in [0.25, 0.3) is 0 Å². The van der Waals surface area contributed by atoms with Crippen molar-refractivity contribution >= 4 is 17.7 Å². The van der Waals surface area contributed by atoms with E-state index in [9.17, 15) is 4.79 Å². The van der Waals surface area contributed by atoms with Crippen molar-refractivity contribution in [1.82, 2.24) is 5.32 Å². The molecule has 0 bridgehead atoms. The maximum Gasteiger partial charge on any atom is 0.220 e. The first kappa shape index (κ1) is 13.0. The van der Waals surface area contributed by atoms with E-state index in [1.54, 1.807) is 0 Å². The summed E-state index contributed by atoms with van der Waals surface area (Å²) in [6.07, 6.45) is 6.12. The fourth-order valence-electron chi connectivity index (χ4n) is 3.69. The van der Waals surface area contributed by atoms with Crippen LogP contribution in [-0.4, -0.2) is 18.7 Å². The summed E-state index contributed by atoms with van der Waals surface area (Å²) in [6, 6.07) is 6.89. The lowest BCUT2D eigenvalue weighted by Gasteiger charge is -2.42. The fraction of sp³-hybridized carbons (Fsp3) is 0.562. The molecule has 0 spiro atoms. The van der Waals surface area contributed by atoms with E-state index < -0.39 is 0 Å². The van der Waals surface area contributed by atoms with Gasteiger partial charge in [-0.05, 0) is 60.1 Å². The number of benzene rings is 1. The van der Waals surface area contributed by atoms with E-state index in [0.717, 1.165) is 19.4 Å². The van der Waals surface area contributed by atoms with E-state index in [0.29, 0.717) is 12.3 Å². The number of hydrogen-bond donors (Lipinski definition) is 1. The van der Waals surface area contributed by atoms with Gasteiger partial charge in [-0.1, -0.05) is 13.0 Å². The summed E-state index contributed by atoms with van der Waals surface area (Å²) < 4.78 is 0. The van der Waals surface area contributed by atoms with Gasteiger partial charge < -0.3 is 5.32 Å². The third-order valence-corrected chi connectivity index (χ3v) is 5.73. The zero-order chi connectivity index (χ0) is 13.5. The van der Waals surface area contributed by atoms with Crippen molar-refractivity contribution in [2.24, 2.45) is 5.92 Å². The Morgan fingerprint density at radius 2 is 2.21 bits per heavy atom. The Hall–Kier alpha value is -0.960. The second kappa shape index (κ2) is 4.86. The number of carbonyl (C=O) groups excluding carboxylic acids is 1. The van der Waals surface area contributed by atoms with Crippen LogP contribution in [0.1, 0.15) is 37.3 Å². The molecule has 1 unspecified atom stereocenters. The molecule has 2 aliphatic rings. The molecule has 1 aliphatic carbocycles. The number of carbonyl (C=O) groups is 1. The lowest BCUT2D eigenvalue weighted by molar-refractivity contribution is -0.120. The van der Waals surface area contributed by atoms with Gasteiger partial charge in [-0.15, -0.1) is 11.8 Å². The maximum absolute atomic E-state index is 11.7. The van der Waals surface area contributed by atoms with Gasteiger partial charge >= 0.3 is 0 Å². The molecule has 1 heterocycles. The highest BCUT2D eigenvalue weighted by atomic mass is 32.2. The number of amides is 1. The molecule has 102 valence electrons. The average Bonchev–Trinajstić information content (AvgIpc) is 2.58. The molecule has 2 atom stereocenters. The van der Waals surface area contributed by atoms with Crippen LogP contribution >= 0.6 is 11.8 Å². The number of nitrogens with one attached hydrogen (secondary N) is 1. The van der Waals surface area contributed by atoms with Crippen LogP contribution in [0.25, 0.3) is 0 Å². The molecular weight excluding hydrogens is 254 g/mol. The molecule has 1 N–H and O–H groups in total. The average molecular weight is 275 g/mol. The number of hydrogen-bond acceptors (Lipinski definition) is 2. The quantitative estimate of drug-likeness (QED) is 0.798. The lowest BCUT2D eigenvalue weighted by atomic mass is 9.63. The topological polar surface area (TPSA) is 29.1 Å². The molecule has 3 heteroatoms. The predicted octanol–water partition coefficient (Wildman–Crippen LogP) is 3.14. The maximum atomic E-state index is 11.7. The van der Waals surface area contributed by atoms with Gasteiger partial charge in [-0.2, -0.15) is 0 Å². The first-order chi connectivity index (χ1) is 9.13. The Morgan fingerprint density at radius 1 is 1.37 bits per heavy atom. The molecule has 1 aromatic rings. The van der Waals surface area contributed by atoms with Crippen molar-refractivity contribution in [3.63, 3.8) is 0 Å². The Labute approximate surface area is 119 Å². The minimum absolute atomic E-state index is 0.170. The van der Waals surface area contributed by atoms with Crippen LogP contribution in [0.4, 0.5) is 0 Å². The van der Waals surface area contributed by atoms with Crippen molar-refractivity contribution in [3.8, 4) is 0 Å². The van der Waals surface area contributed by atoms with E-state index in [1.807, 2.05) is 11.8 Å². The minimum atomic E-state index is 0.170. The SMILES string of the molecule is CSc1ccc2c(c1)CC[C@H]1CNC(=O)CCC21C. The summed E-state index contributed by atoms with van der Waals surface area (Å²) in [5, 5.41) is 3.08. The molecule has 1 aromatic carbocycles. The second-order valence-corrected chi connectivity index (χ2v) is 6.86. The summed E-state index contributed by atoms with van der Waals surface area (Å²) in [7, 11) is 0. The minimum Gasteiger partial charge on any atom is -0.356 e. The molecule has 0 aromatic heterocycles. The molecule has 1 amide bonds. The Bertz CT molecular complexity index is 513. The molecule has 0 saturated carbocycles. The molecule has 19 heavy (non-hydrogen) atoms. The van der Waals surface area contributed by atoms with Crippen LogP contribution in [0.2, 0.25) is 0 Å². The van der Waals surface area contributed by atoms with E-state index in [1.165, 1.54) is 22.4 Å². The zero-order valence-electron chi connectivity index (χ0n) is 11.7. The zero-order valence-corrected chi connectivity index (χ0v) is 12.5. The Morgan fingerprint density at radius 3 is 3.00 bits per heavy atom. The van der Waals surface area contributed by atoms with Crippen molar-refractivity contribution in [2.45, 2.75) is 42.9 Å². The largest absolute Gasteiger partial charge is 0.356 e. The van der Waals surface area contributed by atoms with Crippen LogP contribution in [0, 0.1) is 5.92 Å². The highest BCUT2D eigenvalue weighted by molar-refractivity contribution is 7.98. The van der Waals surface area contributed by atoms with Gasteiger partial charge in [0.15, 0.2) is 0 Å². The normalized spacial score (nSPS) is 30.0.